The third kappa shape index (κ3) is 4.56. The molecule has 0 aliphatic rings. The first-order valence-electron chi connectivity index (χ1n) is 7.99. The lowest BCUT2D eigenvalue weighted by Crippen LogP contribution is -2.06. The van der Waals surface area contributed by atoms with Gasteiger partial charge < -0.3 is 9.05 Å². The molecule has 0 aromatic heterocycles. The van der Waals surface area contributed by atoms with Crippen LogP contribution in [0.2, 0.25) is 0 Å². The molecule has 1 unspecified atom stereocenters. The SMILES string of the molecule is CCCO[PH](=O)Oc1ccc(C(=O)c2c(C)cc(C)cc2C)cc1. The summed E-state index contributed by atoms with van der Waals surface area (Å²) in [6, 6.07) is 10.7. The Morgan fingerprint density at radius 3 is 2.17 bits per heavy atom. The number of carbonyl (C=O) groups is 1. The second-order valence-electron chi connectivity index (χ2n) is 5.83. The number of rotatable bonds is 7. The molecular weight excluding hydrogens is 323 g/mol. The predicted molar refractivity (Wildman–Crippen MR) is 96.4 cm³/mol. The zero-order chi connectivity index (χ0) is 17.7. The van der Waals surface area contributed by atoms with Crippen LogP contribution in [0, 0.1) is 20.8 Å². The number of ketones is 1. The zero-order valence-electron chi connectivity index (χ0n) is 14.5. The second kappa shape index (κ2) is 8.27. The van der Waals surface area contributed by atoms with Gasteiger partial charge in [0.25, 0.3) is 0 Å². The van der Waals surface area contributed by atoms with Gasteiger partial charge in [-0.15, -0.1) is 0 Å². The van der Waals surface area contributed by atoms with Crippen LogP contribution < -0.4 is 4.52 Å². The van der Waals surface area contributed by atoms with Crippen molar-refractivity contribution in [1.29, 1.82) is 0 Å². The molecule has 0 heterocycles. The highest BCUT2D eigenvalue weighted by molar-refractivity contribution is 7.33. The maximum Gasteiger partial charge on any atom is 0.367 e. The number of benzene rings is 2. The van der Waals surface area contributed by atoms with Crippen LogP contribution in [0.1, 0.15) is 46.0 Å². The van der Waals surface area contributed by atoms with Gasteiger partial charge in [0.05, 0.1) is 6.61 Å². The molecule has 5 heteroatoms. The number of hydrogen-bond donors (Lipinski definition) is 0. The van der Waals surface area contributed by atoms with E-state index in [1.165, 1.54) is 0 Å². The summed E-state index contributed by atoms with van der Waals surface area (Å²) in [5, 5.41) is 0. The van der Waals surface area contributed by atoms with Crippen LogP contribution in [0.5, 0.6) is 5.75 Å². The van der Waals surface area contributed by atoms with E-state index in [0.29, 0.717) is 17.9 Å². The zero-order valence-corrected chi connectivity index (χ0v) is 15.5. The third-order valence-corrected chi connectivity index (χ3v) is 4.49. The van der Waals surface area contributed by atoms with E-state index in [1.54, 1.807) is 24.3 Å². The van der Waals surface area contributed by atoms with Crippen LogP contribution in [-0.2, 0) is 9.09 Å². The highest BCUT2D eigenvalue weighted by Crippen LogP contribution is 2.29. The van der Waals surface area contributed by atoms with Gasteiger partial charge in [-0.05, 0) is 62.6 Å². The minimum atomic E-state index is -2.54. The Bertz CT molecular complexity index is 727. The van der Waals surface area contributed by atoms with Crippen molar-refractivity contribution in [2.75, 3.05) is 6.61 Å². The Morgan fingerprint density at radius 2 is 1.62 bits per heavy atom. The predicted octanol–water partition coefficient (Wildman–Crippen LogP) is 5.04. The molecule has 0 radical (unpaired) electrons. The fourth-order valence-electron chi connectivity index (χ4n) is 2.67. The van der Waals surface area contributed by atoms with Crippen molar-refractivity contribution in [3.05, 3.63) is 64.2 Å². The molecule has 0 fully saturated rings. The normalized spacial score (nSPS) is 12.0. The quantitative estimate of drug-likeness (QED) is 0.521. The van der Waals surface area contributed by atoms with Crippen LogP contribution >= 0.6 is 8.25 Å². The summed E-state index contributed by atoms with van der Waals surface area (Å²) in [6.07, 6.45) is 0.780. The number of carbonyl (C=O) groups excluding carboxylic acids is 1. The largest absolute Gasteiger partial charge is 0.426 e. The van der Waals surface area contributed by atoms with E-state index in [9.17, 15) is 9.36 Å². The molecule has 0 amide bonds. The standard InChI is InChI=1S/C19H23O4P/c1-5-10-22-24(21)23-17-8-6-16(7-9-17)19(20)18-14(3)11-13(2)12-15(18)4/h6-9,11-12,24H,5,10H2,1-4H3. The van der Waals surface area contributed by atoms with Gasteiger partial charge in [-0.25, -0.2) is 4.57 Å². The maximum absolute atomic E-state index is 12.8. The van der Waals surface area contributed by atoms with E-state index in [0.717, 1.165) is 28.7 Å². The third-order valence-electron chi connectivity index (χ3n) is 3.65. The molecule has 0 N–H and O–H groups in total. The summed E-state index contributed by atoms with van der Waals surface area (Å²) in [5.41, 5.74) is 4.38. The smallest absolute Gasteiger partial charge is 0.367 e. The van der Waals surface area contributed by atoms with Gasteiger partial charge >= 0.3 is 8.25 Å². The minimum absolute atomic E-state index is 0.0218. The van der Waals surface area contributed by atoms with Gasteiger partial charge in [-0.1, -0.05) is 24.6 Å². The van der Waals surface area contributed by atoms with E-state index >= 15 is 0 Å². The highest BCUT2D eigenvalue weighted by atomic mass is 31.1. The molecule has 1 atom stereocenters. The summed E-state index contributed by atoms with van der Waals surface area (Å²) in [7, 11) is -2.54. The van der Waals surface area contributed by atoms with Crippen molar-refractivity contribution in [2.45, 2.75) is 34.1 Å². The van der Waals surface area contributed by atoms with Crippen molar-refractivity contribution in [2.24, 2.45) is 0 Å². The lowest BCUT2D eigenvalue weighted by molar-refractivity contribution is 0.103. The average molecular weight is 346 g/mol. The first kappa shape index (κ1) is 18.4. The van der Waals surface area contributed by atoms with Crippen molar-refractivity contribution >= 4 is 14.0 Å². The molecule has 0 saturated heterocycles. The highest BCUT2D eigenvalue weighted by Gasteiger charge is 2.15. The van der Waals surface area contributed by atoms with E-state index in [1.807, 2.05) is 39.8 Å². The Labute approximate surface area is 143 Å². The van der Waals surface area contributed by atoms with Crippen LogP contribution in [0.4, 0.5) is 0 Å². The van der Waals surface area contributed by atoms with Crippen molar-refractivity contribution in [1.82, 2.24) is 0 Å². The first-order chi connectivity index (χ1) is 11.4. The van der Waals surface area contributed by atoms with E-state index in [4.69, 9.17) is 9.05 Å². The molecule has 2 aromatic carbocycles. The van der Waals surface area contributed by atoms with Gasteiger partial charge in [-0.2, -0.15) is 0 Å². The van der Waals surface area contributed by atoms with Gasteiger partial charge in [0.2, 0.25) is 0 Å². The fraction of sp³-hybridized carbons (Fsp3) is 0.316. The van der Waals surface area contributed by atoms with E-state index < -0.39 is 8.25 Å². The van der Waals surface area contributed by atoms with Gasteiger partial charge in [0.1, 0.15) is 5.75 Å². The lowest BCUT2D eigenvalue weighted by atomic mass is 9.93. The minimum Gasteiger partial charge on any atom is -0.426 e. The lowest BCUT2D eigenvalue weighted by Gasteiger charge is -2.11. The molecule has 0 bridgehead atoms. The van der Waals surface area contributed by atoms with Crippen molar-refractivity contribution < 1.29 is 18.4 Å². The Kier molecular flexibility index (Phi) is 6.36. The molecule has 24 heavy (non-hydrogen) atoms. The molecule has 0 aliphatic heterocycles. The molecular formula is C19H23O4P. The number of aryl methyl sites for hydroxylation is 3. The molecule has 0 aliphatic carbocycles. The summed E-state index contributed by atoms with van der Waals surface area (Å²) in [5.74, 6) is 0.412. The number of hydrogen-bond acceptors (Lipinski definition) is 4. The molecule has 0 saturated carbocycles. The van der Waals surface area contributed by atoms with E-state index in [2.05, 4.69) is 0 Å². The van der Waals surface area contributed by atoms with Gasteiger partial charge in [-0.3, -0.25) is 4.79 Å². The molecule has 0 spiro atoms. The summed E-state index contributed by atoms with van der Waals surface area (Å²) < 4.78 is 21.9. The van der Waals surface area contributed by atoms with Crippen LogP contribution in [-0.4, -0.2) is 12.4 Å². The summed E-state index contributed by atoms with van der Waals surface area (Å²) >= 11 is 0. The Hall–Kier alpha value is -1.90. The molecule has 2 rings (SSSR count). The molecule has 2 aromatic rings. The van der Waals surface area contributed by atoms with E-state index in [-0.39, 0.29) is 5.78 Å². The molecule has 4 nitrogen and oxygen atoms in total. The summed E-state index contributed by atoms with van der Waals surface area (Å²) in [6.45, 7) is 8.25. The van der Waals surface area contributed by atoms with Gasteiger partial charge in [0, 0.05) is 11.1 Å². The topological polar surface area (TPSA) is 52.6 Å². The molecule has 128 valence electrons. The second-order valence-corrected chi connectivity index (χ2v) is 6.82. The van der Waals surface area contributed by atoms with Crippen molar-refractivity contribution in [3.63, 3.8) is 0 Å². The van der Waals surface area contributed by atoms with Crippen LogP contribution in [0.25, 0.3) is 0 Å². The van der Waals surface area contributed by atoms with Crippen LogP contribution in [0.3, 0.4) is 0 Å². The Balaban J connectivity index is 2.16. The summed E-state index contributed by atoms with van der Waals surface area (Å²) in [4.78, 5) is 12.8. The van der Waals surface area contributed by atoms with Crippen molar-refractivity contribution in [3.8, 4) is 5.75 Å². The fourth-order valence-corrected chi connectivity index (χ4v) is 3.43. The maximum atomic E-state index is 12.8. The monoisotopic (exact) mass is 346 g/mol. The first-order valence-corrected chi connectivity index (χ1v) is 9.22. The average Bonchev–Trinajstić information content (AvgIpc) is 2.52. The van der Waals surface area contributed by atoms with Gasteiger partial charge in [0.15, 0.2) is 5.78 Å². The van der Waals surface area contributed by atoms with Crippen LogP contribution in [0.15, 0.2) is 36.4 Å². The Morgan fingerprint density at radius 1 is 1.04 bits per heavy atom.